The standard InChI is InChI=1S/C18H26BrNO/c1-12-6-5-7-18(10-12,11-19)20-17(21)16-14(3)8-13(2)9-15(16)4/h8-9,12H,5-7,10-11H2,1-4H3,(H,20,21). The van der Waals surface area contributed by atoms with E-state index in [-0.39, 0.29) is 11.4 Å². The molecule has 21 heavy (non-hydrogen) atoms. The molecule has 3 heteroatoms. The van der Waals surface area contributed by atoms with Gasteiger partial charge in [0.2, 0.25) is 0 Å². The molecule has 1 fully saturated rings. The molecule has 1 aromatic rings. The van der Waals surface area contributed by atoms with E-state index in [1.54, 1.807) is 0 Å². The first kappa shape index (κ1) is 16.5. The summed E-state index contributed by atoms with van der Waals surface area (Å²) in [6, 6.07) is 4.18. The average molecular weight is 352 g/mol. The van der Waals surface area contributed by atoms with Crippen molar-refractivity contribution in [2.24, 2.45) is 5.92 Å². The summed E-state index contributed by atoms with van der Waals surface area (Å²) in [5, 5.41) is 4.18. The molecule has 0 spiro atoms. The van der Waals surface area contributed by atoms with Crippen LogP contribution in [0.15, 0.2) is 12.1 Å². The predicted molar refractivity (Wildman–Crippen MR) is 92.3 cm³/mol. The smallest absolute Gasteiger partial charge is 0.252 e. The van der Waals surface area contributed by atoms with Crippen LogP contribution >= 0.6 is 15.9 Å². The molecule has 2 nitrogen and oxygen atoms in total. The first-order valence-corrected chi connectivity index (χ1v) is 8.95. The van der Waals surface area contributed by atoms with Gasteiger partial charge < -0.3 is 5.32 Å². The minimum absolute atomic E-state index is 0.0820. The summed E-state index contributed by atoms with van der Waals surface area (Å²) in [4.78, 5) is 12.8. The lowest BCUT2D eigenvalue weighted by Crippen LogP contribution is -2.52. The lowest BCUT2D eigenvalue weighted by atomic mass is 9.77. The third kappa shape index (κ3) is 3.68. The number of amides is 1. The van der Waals surface area contributed by atoms with Crippen LogP contribution in [0.3, 0.4) is 0 Å². The fraction of sp³-hybridized carbons (Fsp3) is 0.611. The number of rotatable bonds is 3. The Morgan fingerprint density at radius 1 is 1.33 bits per heavy atom. The van der Waals surface area contributed by atoms with Gasteiger partial charge >= 0.3 is 0 Å². The highest BCUT2D eigenvalue weighted by Gasteiger charge is 2.36. The Morgan fingerprint density at radius 3 is 2.48 bits per heavy atom. The molecule has 116 valence electrons. The zero-order chi connectivity index (χ0) is 15.6. The maximum Gasteiger partial charge on any atom is 0.252 e. The number of alkyl halides is 1. The summed E-state index contributed by atoms with van der Waals surface area (Å²) in [6.07, 6.45) is 4.60. The summed E-state index contributed by atoms with van der Waals surface area (Å²) in [5.41, 5.74) is 4.11. The van der Waals surface area contributed by atoms with Gasteiger partial charge in [0.1, 0.15) is 0 Å². The molecule has 2 unspecified atom stereocenters. The van der Waals surface area contributed by atoms with E-state index < -0.39 is 0 Å². The van der Waals surface area contributed by atoms with Crippen LogP contribution in [0.25, 0.3) is 0 Å². The van der Waals surface area contributed by atoms with Crippen LogP contribution in [0.1, 0.15) is 59.7 Å². The minimum Gasteiger partial charge on any atom is -0.346 e. The fourth-order valence-electron chi connectivity index (χ4n) is 3.77. The number of carbonyl (C=O) groups excluding carboxylic acids is 1. The van der Waals surface area contributed by atoms with E-state index >= 15 is 0 Å². The van der Waals surface area contributed by atoms with Gasteiger partial charge in [-0.1, -0.05) is 53.4 Å². The fourth-order valence-corrected chi connectivity index (χ4v) is 4.42. The second-order valence-corrected chi connectivity index (χ2v) is 7.40. The Bertz CT molecular complexity index is 517. The number of halogens is 1. The van der Waals surface area contributed by atoms with Crippen molar-refractivity contribution in [1.29, 1.82) is 0 Å². The Morgan fingerprint density at radius 2 is 1.95 bits per heavy atom. The highest BCUT2D eigenvalue weighted by atomic mass is 79.9. The molecule has 0 radical (unpaired) electrons. The molecule has 1 aromatic carbocycles. The van der Waals surface area contributed by atoms with Crippen molar-refractivity contribution in [2.75, 3.05) is 5.33 Å². The molecule has 2 rings (SSSR count). The first-order chi connectivity index (χ1) is 9.87. The van der Waals surface area contributed by atoms with Gasteiger partial charge in [-0.2, -0.15) is 0 Å². The minimum atomic E-state index is -0.0848. The largest absolute Gasteiger partial charge is 0.346 e. The summed E-state index contributed by atoms with van der Waals surface area (Å²) in [6.45, 7) is 8.41. The van der Waals surface area contributed by atoms with Crippen LogP contribution in [-0.4, -0.2) is 16.8 Å². The van der Waals surface area contributed by atoms with Gasteiger partial charge in [-0.25, -0.2) is 0 Å². The SMILES string of the molecule is Cc1cc(C)c(C(=O)NC2(CBr)CCCC(C)C2)c(C)c1. The van der Waals surface area contributed by atoms with E-state index in [1.165, 1.54) is 18.4 Å². The van der Waals surface area contributed by atoms with Gasteiger partial charge in [0.15, 0.2) is 0 Å². The molecule has 0 aliphatic heterocycles. The summed E-state index contributed by atoms with van der Waals surface area (Å²) in [5.74, 6) is 0.760. The van der Waals surface area contributed by atoms with Crippen LogP contribution in [0, 0.1) is 26.7 Å². The van der Waals surface area contributed by atoms with E-state index in [1.807, 2.05) is 13.8 Å². The van der Waals surface area contributed by atoms with Crippen LogP contribution in [0.5, 0.6) is 0 Å². The van der Waals surface area contributed by atoms with E-state index in [9.17, 15) is 4.79 Å². The molecule has 2 atom stereocenters. The van der Waals surface area contributed by atoms with Crippen LogP contribution in [0.4, 0.5) is 0 Å². The van der Waals surface area contributed by atoms with Crippen LogP contribution in [-0.2, 0) is 0 Å². The molecule has 0 saturated heterocycles. The van der Waals surface area contributed by atoms with Crippen molar-refractivity contribution in [3.05, 3.63) is 34.4 Å². The number of aryl methyl sites for hydroxylation is 3. The molecule has 1 aliphatic carbocycles. The number of benzene rings is 1. The van der Waals surface area contributed by atoms with Crippen molar-refractivity contribution in [3.8, 4) is 0 Å². The maximum atomic E-state index is 12.8. The van der Waals surface area contributed by atoms with Crippen molar-refractivity contribution in [1.82, 2.24) is 5.32 Å². The molecule has 1 saturated carbocycles. The van der Waals surface area contributed by atoms with Crippen LogP contribution < -0.4 is 5.32 Å². The Labute approximate surface area is 136 Å². The second-order valence-electron chi connectivity index (χ2n) is 6.84. The molecule has 1 N–H and O–H groups in total. The lowest BCUT2D eigenvalue weighted by Gasteiger charge is -2.39. The normalized spacial score (nSPS) is 25.7. The van der Waals surface area contributed by atoms with Crippen molar-refractivity contribution < 1.29 is 4.79 Å². The highest BCUT2D eigenvalue weighted by Crippen LogP contribution is 2.34. The molecule has 0 bridgehead atoms. The first-order valence-electron chi connectivity index (χ1n) is 7.83. The second kappa shape index (κ2) is 6.51. The van der Waals surface area contributed by atoms with E-state index in [2.05, 4.69) is 47.2 Å². The Balaban J connectivity index is 2.24. The highest BCUT2D eigenvalue weighted by molar-refractivity contribution is 9.09. The van der Waals surface area contributed by atoms with E-state index in [0.717, 1.165) is 34.9 Å². The topological polar surface area (TPSA) is 29.1 Å². The van der Waals surface area contributed by atoms with Gasteiger partial charge in [-0.05, 0) is 50.7 Å². The Kier molecular flexibility index (Phi) is 5.13. The monoisotopic (exact) mass is 351 g/mol. The van der Waals surface area contributed by atoms with E-state index in [4.69, 9.17) is 0 Å². The van der Waals surface area contributed by atoms with Gasteiger partial charge in [-0.3, -0.25) is 4.79 Å². The molecule has 1 aliphatic rings. The third-order valence-electron chi connectivity index (χ3n) is 4.63. The quantitative estimate of drug-likeness (QED) is 0.786. The number of carbonyl (C=O) groups is 1. The zero-order valence-corrected chi connectivity index (χ0v) is 15.1. The molecule has 1 amide bonds. The van der Waals surface area contributed by atoms with Crippen molar-refractivity contribution in [2.45, 2.75) is 58.9 Å². The van der Waals surface area contributed by atoms with E-state index in [0.29, 0.717) is 5.92 Å². The predicted octanol–water partition coefficient (Wildman–Crippen LogP) is 4.69. The van der Waals surface area contributed by atoms with Gasteiger partial charge in [-0.15, -0.1) is 0 Å². The molecular formula is C18H26BrNO. The maximum absolute atomic E-state index is 12.8. The van der Waals surface area contributed by atoms with Crippen molar-refractivity contribution in [3.63, 3.8) is 0 Å². The number of hydrogen-bond acceptors (Lipinski definition) is 1. The summed E-state index contributed by atoms with van der Waals surface area (Å²) in [7, 11) is 0. The zero-order valence-electron chi connectivity index (χ0n) is 13.6. The van der Waals surface area contributed by atoms with Gasteiger partial charge in [0.05, 0.1) is 5.54 Å². The number of hydrogen-bond donors (Lipinski definition) is 1. The number of nitrogens with one attached hydrogen (secondary N) is 1. The van der Waals surface area contributed by atoms with Gasteiger partial charge in [0.25, 0.3) is 5.91 Å². The van der Waals surface area contributed by atoms with Crippen molar-refractivity contribution >= 4 is 21.8 Å². The molecule has 0 heterocycles. The summed E-state index contributed by atoms with van der Waals surface area (Å²) < 4.78 is 0. The van der Waals surface area contributed by atoms with Crippen LogP contribution in [0.2, 0.25) is 0 Å². The molecular weight excluding hydrogens is 326 g/mol. The summed E-state index contributed by atoms with van der Waals surface area (Å²) >= 11 is 3.63. The molecule has 0 aromatic heterocycles. The Hall–Kier alpha value is -0.830. The third-order valence-corrected chi connectivity index (χ3v) is 5.70. The van der Waals surface area contributed by atoms with Gasteiger partial charge in [0, 0.05) is 10.9 Å². The average Bonchev–Trinajstić information content (AvgIpc) is 2.37. The lowest BCUT2D eigenvalue weighted by molar-refractivity contribution is 0.0868.